The molecule has 0 aromatic heterocycles. The van der Waals surface area contributed by atoms with Crippen LogP contribution in [0.25, 0.3) is 0 Å². The summed E-state index contributed by atoms with van der Waals surface area (Å²) >= 11 is 0. The smallest absolute Gasteiger partial charge is 0.225 e. The number of likely N-dealkylation sites (N-methyl/N-ethyl adjacent to an activating group) is 2. The number of amides is 1. The molecular formula is C17H33N3O2. The second kappa shape index (κ2) is 8.85. The number of nitrogens with zero attached hydrogens (tertiary/aromatic N) is 3. The molecule has 2 fully saturated rings. The molecule has 128 valence electrons. The van der Waals surface area contributed by atoms with Crippen molar-refractivity contribution in [2.45, 2.75) is 44.6 Å². The van der Waals surface area contributed by atoms with E-state index in [0.29, 0.717) is 13.1 Å². The summed E-state index contributed by atoms with van der Waals surface area (Å²) in [5, 5.41) is 10.3. The molecule has 1 saturated carbocycles. The van der Waals surface area contributed by atoms with Crippen molar-refractivity contribution in [2.75, 3.05) is 53.4 Å². The van der Waals surface area contributed by atoms with Gasteiger partial charge in [0.2, 0.25) is 5.91 Å². The van der Waals surface area contributed by atoms with Crippen LogP contribution in [0, 0.1) is 5.92 Å². The highest BCUT2D eigenvalue weighted by atomic mass is 16.3. The van der Waals surface area contributed by atoms with Gasteiger partial charge in [0.05, 0.1) is 6.10 Å². The van der Waals surface area contributed by atoms with Crippen LogP contribution < -0.4 is 0 Å². The molecule has 0 aromatic carbocycles. The fraction of sp³-hybridized carbons (Fsp3) is 0.941. The van der Waals surface area contributed by atoms with E-state index >= 15 is 0 Å². The third kappa shape index (κ3) is 5.52. The molecule has 0 aromatic rings. The first kappa shape index (κ1) is 17.7. The first-order chi connectivity index (χ1) is 10.6. The van der Waals surface area contributed by atoms with E-state index in [1.165, 1.54) is 25.7 Å². The number of hydrogen-bond acceptors (Lipinski definition) is 4. The van der Waals surface area contributed by atoms with Crippen LogP contribution in [0.4, 0.5) is 0 Å². The van der Waals surface area contributed by atoms with Crippen molar-refractivity contribution in [2.24, 2.45) is 5.92 Å². The summed E-state index contributed by atoms with van der Waals surface area (Å²) < 4.78 is 0. The van der Waals surface area contributed by atoms with Crippen LogP contribution in [-0.4, -0.2) is 85.2 Å². The summed E-state index contributed by atoms with van der Waals surface area (Å²) in [6.07, 6.45) is 6.49. The van der Waals surface area contributed by atoms with E-state index in [2.05, 4.69) is 16.8 Å². The Balaban J connectivity index is 1.72. The van der Waals surface area contributed by atoms with Crippen LogP contribution in [0.15, 0.2) is 0 Å². The average molecular weight is 311 g/mol. The third-order valence-electron chi connectivity index (χ3n) is 5.13. The lowest BCUT2D eigenvalue weighted by Gasteiger charge is -2.34. The minimum absolute atomic E-state index is 0.184. The Bertz CT molecular complexity index is 335. The Labute approximate surface area is 135 Å². The fourth-order valence-electron chi connectivity index (χ4n) is 3.63. The van der Waals surface area contributed by atoms with E-state index < -0.39 is 6.10 Å². The molecule has 1 atom stereocenters. The molecular weight excluding hydrogens is 278 g/mol. The molecule has 5 nitrogen and oxygen atoms in total. The maximum absolute atomic E-state index is 12.5. The van der Waals surface area contributed by atoms with E-state index in [1.807, 2.05) is 7.05 Å². The van der Waals surface area contributed by atoms with Gasteiger partial charge in [0.15, 0.2) is 0 Å². The van der Waals surface area contributed by atoms with Crippen LogP contribution in [0.3, 0.4) is 0 Å². The Morgan fingerprint density at radius 2 is 1.73 bits per heavy atom. The van der Waals surface area contributed by atoms with Crippen LogP contribution >= 0.6 is 0 Å². The number of rotatable bonds is 5. The molecule has 0 radical (unpaired) electrons. The van der Waals surface area contributed by atoms with Crippen molar-refractivity contribution in [1.29, 1.82) is 0 Å². The van der Waals surface area contributed by atoms with Crippen LogP contribution in [-0.2, 0) is 4.79 Å². The molecule has 22 heavy (non-hydrogen) atoms. The van der Waals surface area contributed by atoms with Crippen molar-refractivity contribution >= 4 is 5.91 Å². The predicted octanol–water partition coefficient (Wildman–Crippen LogP) is 1.02. The number of hydrogen-bond donors (Lipinski definition) is 1. The maximum Gasteiger partial charge on any atom is 0.225 e. The Kier molecular flexibility index (Phi) is 7.12. The van der Waals surface area contributed by atoms with Gasteiger partial charge in [-0.15, -0.1) is 0 Å². The zero-order chi connectivity index (χ0) is 15.9. The molecule has 1 saturated heterocycles. The average Bonchev–Trinajstić information content (AvgIpc) is 2.78. The van der Waals surface area contributed by atoms with Gasteiger partial charge in [0.1, 0.15) is 0 Å². The number of aliphatic hydroxyl groups excluding tert-OH is 1. The van der Waals surface area contributed by atoms with Gasteiger partial charge in [-0.05, 0) is 19.9 Å². The van der Waals surface area contributed by atoms with Gasteiger partial charge >= 0.3 is 0 Å². The zero-order valence-electron chi connectivity index (χ0n) is 14.3. The third-order valence-corrected chi connectivity index (χ3v) is 5.13. The lowest BCUT2D eigenvalue weighted by molar-refractivity contribution is -0.136. The SMILES string of the molecule is CN1CCN(CC(O)CN(C)C(=O)C2CCCCCC2)CC1. The van der Waals surface area contributed by atoms with E-state index in [-0.39, 0.29) is 11.8 Å². The molecule has 1 amide bonds. The van der Waals surface area contributed by atoms with Crippen molar-refractivity contribution in [3.05, 3.63) is 0 Å². The number of piperazine rings is 1. The Hall–Kier alpha value is -0.650. The second-order valence-electron chi connectivity index (χ2n) is 7.16. The van der Waals surface area contributed by atoms with Gasteiger partial charge in [0, 0.05) is 52.2 Å². The molecule has 5 heteroatoms. The quantitative estimate of drug-likeness (QED) is 0.770. The summed E-state index contributed by atoms with van der Waals surface area (Å²) in [4.78, 5) is 18.9. The molecule has 1 heterocycles. The number of β-amino-alcohol motifs (C(OH)–C–C–N with tert-alkyl or cyclic N) is 1. The first-order valence-electron chi connectivity index (χ1n) is 8.90. The Morgan fingerprint density at radius 3 is 2.32 bits per heavy atom. The fourth-order valence-corrected chi connectivity index (χ4v) is 3.63. The molecule has 1 unspecified atom stereocenters. The highest BCUT2D eigenvalue weighted by Crippen LogP contribution is 2.24. The van der Waals surface area contributed by atoms with Gasteiger partial charge < -0.3 is 14.9 Å². The van der Waals surface area contributed by atoms with Crippen molar-refractivity contribution in [1.82, 2.24) is 14.7 Å². The van der Waals surface area contributed by atoms with E-state index in [0.717, 1.165) is 39.0 Å². The van der Waals surface area contributed by atoms with Crippen LogP contribution in [0.1, 0.15) is 38.5 Å². The second-order valence-corrected chi connectivity index (χ2v) is 7.16. The topological polar surface area (TPSA) is 47.0 Å². The summed E-state index contributed by atoms with van der Waals surface area (Å²) in [5.41, 5.74) is 0. The van der Waals surface area contributed by atoms with E-state index in [9.17, 15) is 9.90 Å². The maximum atomic E-state index is 12.5. The molecule has 2 aliphatic rings. The van der Waals surface area contributed by atoms with Crippen LogP contribution in [0.5, 0.6) is 0 Å². The largest absolute Gasteiger partial charge is 0.390 e. The zero-order valence-corrected chi connectivity index (χ0v) is 14.3. The first-order valence-corrected chi connectivity index (χ1v) is 8.90. The minimum Gasteiger partial charge on any atom is -0.390 e. The van der Waals surface area contributed by atoms with Crippen molar-refractivity contribution in [3.8, 4) is 0 Å². The summed E-state index contributed by atoms with van der Waals surface area (Å²) in [5.74, 6) is 0.419. The predicted molar refractivity (Wildman–Crippen MR) is 88.8 cm³/mol. The lowest BCUT2D eigenvalue weighted by Crippen LogP contribution is -2.49. The van der Waals surface area contributed by atoms with Gasteiger partial charge in [-0.25, -0.2) is 0 Å². The standard InChI is InChI=1S/C17H33N3O2/c1-18-9-11-20(12-10-18)14-16(21)13-19(2)17(22)15-7-5-3-4-6-8-15/h15-16,21H,3-14H2,1-2H3. The molecule has 0 spiro atoms. The number of carbonyl (C=O) groups excluding carboxylic acids is 1. The van der Waals surface area contributed by atoms with Crippen molar-refractivity contribution in [3.63, 3.8) is 0 Å². The summed E-state index contributed by atoms with van der Waals surface area (Å²) in [7, 11) is 3.98. The molecule has 2 rings (SSSR count). The monoisotopic (exact) mass is 311 g/mol. The van der Waals surface area contributed by atoms with Crippen LogP contribution in [0.2, 0.25) is 0 Å². The molecule has 1 aliphatic carbocycles. The highest BCUT2D eigenvalue weighted by molar-refractivity contribution is 5.78. The summed E-state index contributed by atoms with van der Waals surface area (Å²) in [6.45, 7) is 5.27. The number of aliphatic hydroxyl groups is 1. The number of carbonyl (C=O) groups is 1. The lowest BCUT2D eigenvalue weighted by atomic mass is 9.99. The highest BCUT2D eigenvalue weighted by Gasteiger charge is 2.25. The van der Waals surface area contributed by atoms with Gasteiger partial charge in [-0.1, -0.05) is 25.7 Å². The van der Waals surface area contributed by atoms with Gasteiger partial charge in [-0.2, -0.15) is 0 Å². The summed E-state index contributed by atoms with van der Waals surface area (Å²) in [6, 6.07) is 0. The normalized spacial score (nSPS) is 24.0. The Morgan fingerprint density at radius 1 is 1.14 bits per heavy atom. The molecule has 0 bridgehead atoms. The van der Waals surface area contributed by atoms with Gasteiger partial charge in [-0.3, -0.25) is 9.69 Å². The molecule has 1 N–H and O–H groups in total. The minimum atomic E-state index is -0.442. The van der Waals surface area contributed by atoms with E-state index in [1.54, 1.807) is 4.90 Å². The molecule has 1 aliphatic heterocycles. The van der Waals surface area contributed by atoms with Crippen molar-refractivity contribution < 1.29 is 9.90 Å². The van der Waals surface area contributed by atoms with E-state index in [4.69, 9.17) is 0 Å². The van der Waals surface area contributed by atoms with Gasteiger partial charge in [0.25, 0.3) is 0 Å².